The summed E-state index contributed by atoms with van der Waals surface area (Å²) in [5.41, 5.74) is -0.723. The van der Waals surface area contributed by atoms with Crippen molar-refractivity contribution < 1.29 is 9.53 Å². The fourth-order valence-electron chi connectivity index (χ4n) is 3.21. The van der Waals surface area contributed by atoms with Crippen LogP contribution in [-0.4, -0.2) is 37.6 Å². The number of hydrogen-bond acceptors (Lipinski definition) is 3. The molecule has 100 valence electrons. The van der Waals surface area contributed by atoms with Crippen molar-refractivity contribution >= 4 is 5.91 Å². The lowest BCUT2D eigenvalue weighted by Crippen LogP contribution is -2.50. The molecule has 1 amide bonds. The van der Waals surface area contributed by atoms with Crippen LogP contribution in [0.25, 0.3) is 0 Å². The first-order valence-electron chi connectivity index (χ1n) is 6.82. The Hall–Kier alpha value is -1.08. The van der Waals surface area contributed by atoms with Crippen molar-refractivity contribution in [1.29, 1.82) is 5.26 Å². The molecule has 0 atom stereocenters. The standard InChI is InChI=1S/C14H22N2O2/c1-11-7-14(8-11,10-15)13(17)16(2)9-12-3-5-18-6-4-12/h11-12H,3-9H2,1-2H3. The second kappa shape index (κ2) is 5.27. The third-order valence-electron chi connectivity index (χ3n) is 4.24. The molecule has 0 unspecified atom stereocenters. The first-order chi connectivity index (χ1) is 8.57. The molecule has 0 radical (unpaired) electrons. The number of carbonyl (C=O) groups excluding carboxylic acids is 1. The first kappa shape index (κ1) is 13.4. The van der Waals surface area contributed by atoms with E-state index in [1.54, 1.807) is 4.90 Å². The Balaban J connectivity index is 1.90. The predicted molar refractivity (Wildman–Crippen MR) is 67.6 cm³/mol. The van der Waals surface area contributed by atoms with Crippen LogP contribution in [0, 0.1) is 28.6 Å². The minimum absolute atomic E-state index is 0.0228. The van der Waals surface area contributed by atoms with Crippen molar-refractivity contribution in [3.05, 3.63) is 0 Å². The molecule has 0 aromatic heterocycles. The summed E-state index contributed by atoms with van der Waals surface area (Å²) in [6, 6.07) is 2.25. The van der Waals surface area contributed by atoms with Gasteiger partial charge in [-0.2, -0.15) is 5.26 Å². The third kappa shape index (κ3) is 2.51. The highest BCUT2D eigenvalue weighted by molar-refractivity contribution is 5.86. The minimum Gasteiger partial charge on any atom is -0.381 e. The second-order valence-corrected chi connectivity index (χ2v) is 5.95. The minimum atomic E-state index is -0.723. The van der Waals surface area contributed by atoms with Crippen LogP contribution in [0.3, 0.4) is 0 Å². The van der Waals surface area contributed by atoms with Gasteiger partial charge in [0.25, 0.3) is 0 Å². The van der Waals surface area contributed by atoms with Crippen LogP contribution in [0.2, 0.25) is 0 Å². The van der Waals surface area contributed by atoms with Crippen LogP contribution in [0.15, 0.2) is 0 Å². The number of nitrogens with zero attached hydrogens (tertiary/aromatic N) is 2. The van der Waals surface area contributed by atoms with Crippen LogP contribution >= 0.6 is 0 Å². The predicted octanol–water partition coefficient (Wildman–Crippen LogP) is 1.81. The van der Waals surface area contributed by atoms with Gasteiger partial charge in [0.05, 0.1) is 6.07 Å². The lowest BCUT2D eigenvalue weighted by atomic mass is 9.62. The molecule has 1 aliphatic heterocycles. The lowest BCUT2D eigenvalue weighted by Gasteiger charge is -2.42. The summed E-state index contributed by atoms with van der Waals surface area (Å²) >= 11 is 0. The normalized spacial score (nSPS) is 32.4. The molecule has 4 heteroatoms. The number of carbonyl (C=O) groups is 1. The lowest BCUT2D eigenvalue weighted by molar-refractivity contribution is -0.144. The molecule has 0 aromatic carbocycles. The highest BCUT2D eigenvalue weighted by Gasteiger charge is 2.50. The summed E-state index contributed by atoms with van der Waals surface area (Å²) in [6.07, 6.45) is 3.49. The molecule has 2 rings (SSSR count). The van der Waals surface area contributed by atoms with E-state index in [0.717, 1.165) is 45.4 Å². The van der Waals surface area contributed by atoms with E-state index >= 15 is 0 Å². The summed E-state index contributed by atoms with van der Waals surface area (Å²) in [4.78, 5) is 14.1. The van der Waals surface area contributed by atoms with Crippen molar-refractivity contribution in [1.82, 2.24) is 4.90 Å². The summed E-state index contributed by atoms with van der Waals surface area (Å²) in [6.45, 7) is 4.46. The van der Waals surface area contributed by atoms with Gasteiger partial charge in [0.2, 0.25) is 5.91 Å². The quantitative estimate of drug-likeness (QED) is 0.767. The second-order valence-electron chi connectivity index (χ2n) is 5.95. The zero-order valence-electron chi connectivity index (χ0n) is 11.3. The Bertz CT molecular complexity index is 349. The molecule has 0 spiro atoms. The van der Waals surface area contributed by atoms with Crippen molar-refractivity contribution in [2.24, 2.45) is 17.3 Å². The van der Waals surface area contributed by atoms with E-state index in [-0.39, 0.29) is 5.91 Å². The smallest absolute Gasteiger partial charge is 0.242 e. The van der Waals surface area contributed by atoms with E-state index in [1.165, 1.54) is 0 Å². The van der Waals surface area contributed by atoms with Gasteiger partial charge in [-0.1, -0.05) is 6.92 Å². The Morgan fingerprint density at radius 2 is 2.06 bits per heavy atom. The van der Waals surface area contributed by atoms with E-state index < -0.39 is 5.41 Å². The largest absolute Gasteiger partial charge is 0.381 e. The monoisotopic (exact) mass is 250 g/mol. The molecule has 2 aliphatic rings. The Labute approximate surface area is 109 Å². The molecule has 0 aromatic rings. The molecular formula is C14H22N2O2. The molecule has 2 fully saturated rings. The highest BCUT2D eigenvalue weighted by Crippen LogP contribution is 2.46. The van der Waals surface area contributed by atoms with E-state index in [0.29, 0.717) is 11.8 Å². The van der Waals surface area contributed by atoms with Gasteiger partial charge in [-0.25, -0.2) is 0 Å². The topological polar surface area (TPSA) is 53.3 Å². The third-order valence-corrected chi connectivity index (χ3v) is 4.24. The highest BCUT2D eigenvalue weighted by atomic mass is 16.5. The van der Waals surface area contributed by atoms with Gasteiger partial charge in [0.1, 0.15) is 5.41 Å². The van der Waals surface area contributed by atoms with Gasteiger partial charge in [-0.05, 0) is 37.5 Å². The molecular weight excluding hydrogens is 228 g/mol. The number of ether oxygens (including phenoxy) is 1. The Kier molecular flexibility index (Phi) is 3.91. The van der Waals surface area contributed by atoms with Gasteiger partial charge < -0.3 is 9.64 Å². The summed E-state index contributed by atoms with van der Waals surface area (Å²) in [7, 11) is 1.83. The fraction of sp³-hybridized carbons (Fsp3) is 0.857. The molecule has 1 heterocycles. The van der Waals surface area contributed by atoms with Crippen molar-refractivity contribution in [2.45, 2.75) is 32.6 Å². The number of hydrogen-bond donors (Lipinski definition) is 0. The molecule has 1 saturated heterocycles. The van der Waals surface area contributed by atoms with Crippen LogP contribution in [0.5, 0.6) is 0 Å². The van der Waals surface area contributed by atoms with Gasteiger partial charge in [0.15, 0.2) is 0 Å². The molecule has 1 aliphatic carbocycles. The number of amides is 1. The summed E-state index contributed by atoms with van der Waals surface area (Å²) < 4.78 is 5.32. The van der Waals surface area contributed by atoms with Crippen molar-refractivity contribution in [3.8, 4) is 6.07 Å². The zero-order valence-corrected chi connectivity index (χ0v) is 11.3. The average Bonchev–Trinajstić information content (AvgIpc) is 2.35. The molecule has 0 bridgehead atoms. The molecule has 18 heavy (non-hydrogen) atoms. The van der Waals surface area contributed by atoms with Crippen LogP contribution in [-0.2, 0) is 9.53 Å². The molecule has 1 saturated carbocycles. The maximum absolute atomic E-state index is 12.4. The first-order valence-corrected chi connectivity index (χ1v) is 6.82. The summed E-state index contributed by atoms with van der Waals surface area (Å²) in [5.74, 6) is 1.06. The van der Waals surface area contributed by atoms with Gasteiger partial charge >= 0.3 is 0 Å². The van der Waals surface area contributed by atoms with Gasteiger partial charge in [0, 0.05) is 26.8 Å². The summed E-state index contributed by atoms with van der Waals surface area (Å²) in [5, 5.41) is 9.26. The Morgan fingerprint density at radius 3 is 2.56 bits per heavy atom. The number of nitriles is 1. The van der Waals surface area contributed by atoms with Crippen LogP contribution < -0.4 is 0 Å². The fourth-order valence-corrected chi connectivity index (χ4v) is 3.21. The SMILES string of the molecule is CC1CC(C#N)(C(=O)N(C)CC2CCOCC2)C1. The average molecular weight is 250 g/mol. The van der Waals surface area contributed by atoms with E-state index in [1.807, 2.05) is 7.05 Å². The maximum Gasteiger partial charge on any atom is 0.242 e. The van der Waals surface area contributed by atoms with E-state index in [2.05, 4.69) is 13.0 Å². The van der Waals surface area contributed by atoms with E-state index in [4.69, 9.17) is 4.74 Å². The zero-order chi connectivity index (χ0) is 13.2. The molecule has 4 nitrogen and oxygen atoms in total. The van der Waals surface area contributed by atoms with E-state index in [9.17, 15) is 10.1 Å². The van der Waals surface area contributed by atoms with Gasteiger partial charge in [-0.3, -0.25) is 4.79 Å². The number of rotatable bonds is 3. The van der Waals surface area contributed by atoms with Crippen LogP contribution in [0.1, 0.15) is 32.6 Å². The van der Waals surface area contributed by atoms with Crippen molar-refractivity contribution in [3.63, 3.8) is 0 Å². The maximum atomic E-state index is 12.4. The van der Waals surface area contributed by atoms with Crippen molar-refractivity contribution in [2.75, 3.05) is 26.8 Å². The molecule has 0 N–H and O–H groups in total. The van der Waals surface area contributed by atoms with Gasteiger partial charge in [-0.15, -0.1) is 0 Å². The Morgan fingerprint density at radius 1 is 1.44 bits per heavy atom. The van der Waals surface area contributed by atoms with Crippen LogP contribution in [0.4, 0.5) is 0 Å².